The zero-order valence-electron chi connectivity index (χ0n) is 18.3. The molecule has 0 radical (unpaired) electrons. The fourth-order valence-electron chi connectivity index (χ4n) is 5.59. The fraction of sp³-hybridized carbons (Fsp3) is 0.520. The third kappa shape index (κ3) is 4.48. The minimum Gasteiger partial charge on any atom is -0.497 e. The van der Waals surface area contributed by atoms with Crippen LogP contribution in [0, 0.1) is 11.7 Å². The molecule has 0 aromatic heterocycles. The Morgan fingerprint density at radius 3 is 2.58 bits per heavy atom. The van der Waals surface area contributed by atoms with Crippen LogP contribution in [-0.2, 0) is 12.8 Å². The molecule has 2 aromatic carbocycles. The van der Waals surface area contributed by atoms with Gasteiger partial charge in [0, 0.05) is 49.8 Å². The molecule has 166 valence electrons. The van der Waals surface area contributed by atoms with Gasteiger partial charge < -0.3 is 9.64 Å². The zero-order chi connectivity index (χ0) is 21.2. The lowest BCUT2D eigenvalue weighted by Gasteiger charge is -2.29. The molecular formula is C25H33FN4O. The smallest absolute Gasteiger partial charge is 0.131 e. The quantitative estimate of drug-likeness (QED) is 0.773. The Morgan fingerprint density at radius 2 is 1.84 bits per heavy atom. The van der Waals surface area contributed by atoms with Gasteiger partial charge in [0.25, 0.3) is 0 Å². The highest BCUT2D eigenvalue weighted by Crippen LogP contribution is 2.30. The van der Waals surface area contributed by atoms with E-state index in [-0.39, 0.29) is 11.9 Å². The van der Waals surface area contributed by atoms with Crippen LogP contribution in [0.5, 0.6) is 5.75 Å². The molecule has 2 fully saturated rings. The van der Waals surface area contributed by atoms with Crippen LogP contribution >= 0.6 is 0 Å². The Kier molecular flexibility index (Phi) is 6.23. The SMILES string of the molecule is COc1ccc(C2NNCC2CN2CCCN(C3Cc4ccccc4C3)CC2)c(F)c1. The Hall–Kier alpha value is -1.99. The number of methoxy groups -OCH3 is 1. The first-order valence-corrected chi connectivity index (χ1v) is 11.6. The van der Waals surface area contributed by atoms with Crippen molar-refractivity contribution in [3.05, 3.63) is 65.0 Å². The van der Waals surface area contributed by atoms with E-state index < -0.39 is 0 Å². The van der Waals surface area contributed by atoms with Crippen molar-refractivity contribution < 1.29 is 9.13 Å². The van der Waals surface area contributed by atoms with Gasteiger partial charge in [-0.15, -0.1) is 0 Å². The van der Waals surface area contributed by atoms with Gasteiger partial charge >= 0.3 is 0 Å². The van der Waals surface area contributed by atoms with Gasteiger partial charge in [-0.3, -0.25) is 10.3 Å². The summed E-state index contributed by atoms with van der Waals surface area (Å²) in [4.78, 5) is 5.28. The second-order valence-corrected chi connectivity index (χ2v) is 9.17. The molecule has 2 saturated heterocycles. The van der Waals surface area contributed by atoms with Crippen molar-refractivity contribution in [2.24, 2.45) is 5.92 Å². The molecule has 2 N–H and O–H groups in total. The lowest BCUT2D eigenvalue weighted by molar-refractivity contribution is 0.193. The zero-order valence-corrected chi connectivity index (χ0v) is 18.3. The van der Waals surface area contributed by atoms with Crippen molar-refractivity contribution in [3.8, 4) is 5.75 Å². The van der Waals surface area contributed by atoms with Crippen LogP contribution in [0.25, 0.3) is 0 Å². The summed E-state index contributed by atoms with van der Waals surface area (Å²) >= 11 is 0. The Bertz CT molecular complexity index is 882. The Morgan fingerprint density at radius 1 is 1.03 bits per heavy atom. The molecule has 2 atom stereocenters. The molecule has 2 unspecified atom stereocenters. The molecule has 1 aliphatic carbocycles. The minimum atomic E-state index is -0.201. The molecular weight excluding hydrogens is 391 g/mol. The van der Waals surface area contributed by atoms with E-state index in [1.54, 1.807) is 7.11 Å². The summed E-state index contributed by atoms with van der Waals surface area (Å²) in [6, 6.07) is 14.7. The number of halogens is 1. The highest BCUT2D eigenvalue weighted by Gasteiger charge is 2.33. The highest BCUT2D eigenvalue weighted by atomic mass is 19.1. The summed E-state index contributed by atoms with van der Waals surface area (Å²) in [6.07, 6.45) is 3.57. The predicted octanol–water partition coefficient (Wildman–Crippen LogP) is 2.77. The summed E-state index contributed by atoms with van der Waals surface area (Å²) < 4.78 is 19.8. The van der Waals surface area contributed by atoms with Gasteiger partial charge in [-0.05, 0) is 49.5 Å². The Labute approximate surface area is 184 Å². The van der Waals surface area contributed by atoms with E-state index in [9.17, 15) is 4.39 Å². The van der Waals surface area contributed by atoms with Crippen molar-refractivity contribution in [2.75, 3.05) is 46.4 Å². The maximum absolute atomic E-state index is 14.7. The fourth-order valence-corrected chi connectivity index (χ4v) is 5.59. The molecule has 0 bridgehead atoms. The molecule has 2 aliphatic heterocycles. The Balaban J connectivity index is 1.19. The number of fused-ring (bicyclic) bond motifs is 1. The molecule has 2 aromatic rings. The van der Waals surface area contributed by atoms with Crippen LogP contribution in [-0.4, -0.2) is 62.2 Å². The van der Waals surface area contributed by atoms with E-state index in [1.807, 2.05) is 12.1 Å². The van der Waals surface area contributed by atoms with Crippen molar-refractivity contribution in [1.29, 1.82) is 0 Å². The van der Waals surface area contributed by atoms with Gasteiger partial charge in [0.2, 0.25) is 0 Å². The lowest BCUT2D eigenvalue weighted by atomic mass is 9.93. The first-order chi connectivity index (χ1) is 15.2. The number of nitrogens with zero attached hydrogens (tertiary/aromatic N) is 2. The van der Waals surface area contributed by atoms with Gasteiger partial charge in [0.15, 0.2) is 0 Å². The van der Waals surface area contributed by atoms with Crippen molar-refractivity contribution in [2.45, 2.75) is 31.3 Å². The number of benzene rings is 2. The van der Waals surface area contributed by atoms with Crippen molar-refractivity contribution in [1.82, 2.24) is 20.7 Å². The molecule has 0 saturated carbocycles. The number of hydrazine groups is 1. The molecule has 0 amide bonds. The van der Waals surface area contributed by atoms with Gasteiger partial charge in [0.05, 0.1) is 13.2 Å². The first kappa shape index (κ1) is 20.9. The summed E-state index contributed by atoms with van der Waals surface area (Å²) in [5.41, 5.74) is 10.3. The van der Waals surface area contributed by atoms with Crippen LogP contribution in [0.15, 0.2) is 42.5 Å². The van der Waals surface area contributed by atoms with E-state index >= 15 is 0 Å². The lowest BCUT2D eigenvalue weighted by Crippen LogP contribution is -2.40. The average molecular weight is 425 g/mol. The predicted molar refractivity (Wildman–Crippen MR) is 121 cm³/mol. The van der Waals surface area contributed by atoms with Crippen molar-refractivity contribution in [3.63, 3.8) is 0 Å². The highest BCUT2D eigenvalue weighted by molar-refractivity contribution is 5.33. The van der Waals surface area contributed by atoms with E-state index in [4.69, 9.17) is 4.74 Å². The number of rotatable bonds is 5. The van der Waals surface area contributed by atoms with Gasteiger partial charge in [-0.2, -0.15) is 0 Å². The summed E-state index contributed by atoms with van der Waals surface area (Å²) in [7, 11) is 1.57. The molecule has 3 aliphatic rings. The first-order valence-electron chi connectivity index (χ1n) is 11.6. The normalized spacial score (nSPS) is 25.5. The summed E-state index contributed by atoms with van der Waals surface area (Å²) in [5, 5.41) is 0. The maximum atomic E-state index is 14.7. The molecule has 5 rings (SSSR count). The van der Waals surface area contributed by atoms with Crippen molar-refractivity contribution >= 4 is 0 Å². The topological polar surface area (TPSA) is 39.8 Å². The van der Waals surface area contributed by atoms with E-state index in [0.717, 1.165) is 38.3 Å². The van der Waals surface area contributed by atoms with Crippen LogP contribution < -0.4 is 15.6 Å². The molecule has 2 heterocycles. The van der Waals surface area contributed by atoms with Crippen LogP contribution in [0.4, 0.5) is 4.39 Å². The summed E-state index contributed by atoms with van der Waals surface area (Å²) in [5.74, 6) is 0.698. The standard InChI is InChI=1S/C25H33FN4O/c1-31-22-7-8-23(24(26)15-22)25-20(16-27-28-25)17-29-9-4-10-30(12-11-29)21-13-18-5-2-3-6-19(18)14-21/h2-3,5-8,15,20-21,25,27-28H,4,9-14,16-17H2,1H3. The third-order valence-corrected chi connectivity index (χ3v) is 7.30. The number of hydrogen-bond donors (Lipinski definition) is 2. The van der Waals surface area contributed by atoms with Gasteiger partial charge in [-0.25, -0.2) is 9.82 Å². The average Bonchev–Trinajstić information content (AvgIpc) is 3.35. The molecule has 0 spiro atoms. The second kappa shape index (κ2) is 9.25. The monoisotopic (exact) mass is 424 g/mol. The number of ether oxygens (including phenoxy) is 1. The molecule has 6 heteroatoms. The third-order valence-electron chi connectivity index (χ3n) is 7.30. The van der Waals surface area contributed by atoms with Gasteiger partial charge in [-0.1, -0.05) is 30.3 Å². The van der Waals surface area contributed by atoms with Crippen LogP contribution in [0.3, 0.4) is 0 Å². The minimum absolute atomic E-state index is 0.0189. The molecule has 31 heavy (non-hydrogen) atoms. The number of nitrogens with one attached hydrogen (secondary N) is 2. The van der Waals surface area contributed by atoms with E-state index in [2.05, 4.69) is 44.9 Å². The second-order valence-electron chi connectivity index (χ2n) is 9.17. The summed E-state index contributed by atoms with van der Waals surface area (Å²) in [6.45, 7) is 6.33. The van der Waals surface area contributed by atoms with Crippen LogP contribution in [0.1, 0.15) is 29.2 Å². The van der Waals surface area contributed by atoms with Crippen LogP contribution in [0.2, 0.25) is 0 Å². The maximum Gasteiger partial charge on any atom is 0.131 e. The molecule has 5 nitrogen and oxygen atoms in total. The van der Waals surface area contributed by atoms with E-state index in [1.165, 1.54) is 43.0 Å². The largest absolute Gasteiger partial charge is 0.497 e. The van der Waals surface area contributed by atoms with Gasteiger partial charge in [0.1, 0.15) is 11.6 Å². The number of hydrogen-bond acceptors (Lipinski definition) is 5. The van der Waals surface area contributed by atoms with E-state index in [0.29, 0.717) is 17.7 Å².